The van der Waals surface area contributed by atoms with Crippen LogP contribution < -0.4 is 10.2 Å². The van der Waals surface area contributed by atoms with Crippen LogP contribution >= 0.6 is 15.9 Å². The predicted molar refractivity (Wildman–Crippen MR) is 117 cm³/mol. The largest absolute Gasteiger partial charge is 0.372 e. The Hall–Kier alpha value is -2.67. The van der Waals surface area contributed by atoms with E-state index in [2.05, 4.69) is 40.0 Å². The Morgan fingerprint density at radius 1 is 1.00 bits per heavy atom. The van der Waals surface area contributed by atoms with Crippen LogP contribution in [0.3, 0.4) is 0 Å². The summed E-state index contributed by atoms with van der Waals surface area (Å²) in [6.45, 7) is 6.28. The highest BCUT2D eigenvalue weighted by Gasteiger charge is 2.35. The Balaban J connectivity index is 1.50. The van der Waals surface area contributed by atoms with Crippen molar-refractivity contribution in [1.29, 1.82) is 0 Å². The number of anilines is 2. The third-order valence-electron chi connectivity index (χ3n) is 5.00. The highest BCUT2D eigenvalue weighted by Crippen LogP contribution is 2.26. The molecule has 2 aromatic rings. The number of carbonyl (C=O) groups is 3. The molecule has 0 fully saturated rings. The van der Waals surface area contributed by atoms with Gasteiger partial charge >= 0.3 is 0 Å². The van der Waals surface area contributed by atoms with E-state index < -0.39 is 0 Å². The maximum Gasteiger partial charge on any atom is 0.261 e. The normalized spacial score (nSPS) is 12.9. The molecule has 29 heavy (non-hydrogen) atoms. The van der Waals surface area contributed by atoms with Gasteiger partial charge in [0.1, 0.15) is 0 Å². The van der Waals surface area contributed by atoms with Gasteiger partial charge in [-0.25, -0.2) is 0 Å². The number of benzene rings is 2. The molecule has 0 aromatic heterocycles. The van der Waals surface area contributed by atoms with Gasteiger partial charge in [0, 0.05) is 41.9 Å². The van der Waals surface area contributed by atoms with E-state index in [1.165, 1.54) is 4.90 Å². The minimum atomic E-state index is -0.307. The van der Waals surface area contributed by atoms with Gasteiger partial charge in [-0.05, 0) is 62.7 Å². The fourth-order valence-electron chi connectivity index (χ4n) is 3.43. The smallest absolute Gasteiger partial charge is 0.261 e. The summed E-state index contributed by atoms with van der Waals surface area (Å²) in [5.74, 6) is -0.747. The van der Waals surface area contributed by atoms with Gasteiger partial charge in [-0.15, -0.1) is 0 Å². The summed E-state index contributed by atoms with van der Waals surface area (Å²) in [4.78, 5) is 40.5. The lowest BCUT2D eigenvalue weighted by Crippen LogP contribution is -2.31. The Labute approximate surface area is 179 Å². The van der Waals surface area contributed by atoms with E-state index in [1.807, 2.05) is 24.3 Å². The number of halogens is 1. The van der Waals surface area contributed by atoms with Gasteiger partial charge in [0.05, 0.1) is 11.1 Å². The maximum atomic E-state index is 12.4. The molecule has 2 aromatic carbocycles. The number of carbonyl (C=O) groups excluding carboxylic acids is 3. The molecule has 0 radical (unpaired) electrons. The van der Waals surface area contributed by atoms with Crippen LogP contribution in [0.15, 0.2) is 46.9 Å². The van der Waals surface area contributed by atoms with E-state index >= 15 is 0 Å². The molecule has 1 N–H and O–H groups in total. The molecule has 0 unspecified atom stereocenters. The van der Waals surface area contributed by atoms with E-state index in [1.54, 1.807) is 18.2 Å². The van der Waals surface area contributed by atoms with Crippen LogP contribution in [0.5, 0.6) is 0 Å². The molecule has 0 aliphatic carbocycles. The quantitative estimate of drug-likeness (QED) is 0.599. The number of nitrogens with one attached hydrogen (secondary N) is 1. The summed E-state index contributed by atoms with van der Waals surface area (Å²) in [7, 11) is 0. The fraction of sp³-hybridized carbons (Fsp3) is 0.318. The van der Waals surface area contributed by atoms with Gasteiger partial charge in [-0.3, -0.25) is 19.3 Å². The second kappa shape index (κ2) is 9.22. The van der Waals surface area contributed by atoms with Crippen LogP contribution in [0.1, 0.15) is 47.4 Å². The molecule has 0 bridgehead atoms. The lowest BCUT2D eigenvalue weighted by atomic mass is 10.1. The molecule has 6 nitrogen and oxygen atoms in total. The van der Waals surface area contributed by atoms with Gasteiger partial charge in [0.2, 0.25) is 5.91 Å². The summed E-state index contributed by atoms with van der Waals surface area (Å²) >= 11 is 3.32. The Morgan fingerprint density at radius 3 is 2.31 bits per heavy atom. The van der Waals surface area contributed by atoms with Gasteiger partial charge < -0.3 is 10.2 Å². The van der Waals surface area contributed by atoms with Crippen LogP contribution in [-0.4, -0.2) is 42.3 Å². The molecule has 3 rings (SSSR count). The summed E-state index contributed by atoms with van der Waals surface area (Å²) in [5, 5.41) is 2.86. The van der Waals surface area contributed by atoms with Gasteiger partial charge in [-0.1, -0.05) is 15.9 Å². The standard InChI is InChI=1S/C22H24BrN3O3/c1-3-25(4-2)17-10-8-16(9-11-17)24-20(27)6-5-13-26-21(28)18-12-7-15(23)14-19(18)22(26)29/h7-12,14H,3-6,13H2,1-2H3,(H,24,27). The summed E-state index contributed by atoms with van der Waals surface area (Å²) in [5.41, 5.74) is 2.67. The Morgan fingerprint density at radius 2 is 1.66 bits per heavy atom. The first-order valence-corrected chi connectivity index (χ1v) is 10.5. The molecule has 1 aliphatic rings. The third kappa shape index (κ3) is 4.67. The highest BCUT2D eigenvalue weighted by atomic mass is 79.9. The minimum absolute atomic E-state index is 0.139. The Bertz CT molecular complexity index is 923. The zero-order valence-electron chi connectivity index (χ0n) is 16.6. The number of hydrogen-bond acceptors (Lipinski definition) is 4. The average molecular weight is 458 g/mol. The van der Waals surface area contributed by atoms with Gasteiger partial charge in [0.25, 0.3) is 11.8 Å². The van der Waals surface area contributed by atoms with Crippen LogP contribution in [0, 0.1) is 0 Å². The molecular formula is C22H24BrN3O3. The highest BCUT2D eigenvalue weighted by molar-refractivity contribution is 9.10. The van der Waals surface area contributed by atoms with E-state index in [-0.39, 0.29) is 30.7 Å². The fourth-order valence-corrected chi connectivity index (χ4v) is 3.79. The molecule has 1 heterocycles. The molecular weight excluding hydrogens is 434 g/mol. The first kappa shape index (κ1) is 21.0. The van der Waals surface area contributed by atoms with E-state index in [9.17, 15) is 14.4 Å². The molecule has 0 saturated heterocycles. The lowest BCUT2D eigenvalue weighted by molar-refractivity contribution is -0.116. The molecule has 7 heteroatoms. The summed E-state index contributed by atoms with van der Waals surface area (Å²) < 4.78 is 0.755. The topological polar surface area (TPSA) is 69.7 Å². The van der Waals surface area contributed by atoms with E-state index in [4.69, 9.17) is 0 Å². The number of fused-ring (bicyclic) bond motifs is 1. The van der Waals surface area contributed by atoms with Crippen molar-refractivity contribution >= 4 is 45.0 Å². The van der Waals surface area contributed by atoms with Gasteiger partial charge in [-0.2, -0.15) is 0 Å². The Kier molecular flexibility index (Phi) is 6.69. The van der Waals surface area contributed by atoms with Crippen LogP contribution in [0.2, 0.25) is 0 Å². The number of imide groups is 1. The van der Waals surface area contributed by atoms with Crippen molar-refractivity contribution in [3.63, 3.8) is 0 Å². The number of hydrogen-bond donors (Lipinski definition) is 1. The summed E-state index contributed by atoms with van der Waals surface area (Å²) in [6, 6.07) is 12.8. The summed E-state index contributed by atoms with van der Waals surface area (Å²) in [6.07, 6.45) is 0.644. The van der Waals surface area contributed by atoms with Crippen LogP contribution in [0.4, 0.5) is 11.4 Å². The molecule has 3 amide bonds. The van der Waals surface area contributed by atoms with Crippen molar-refractivity contribution in [1.82, 2.24) is 4.90 Å². The zero-order chi connectivity index (χ0) is 21.0. The van der Waals surface area contributed by atoms with Crippen molar-refractivity contribution in [3.05, 3.63) is 58.1 Å². The lowest BCUT2D eigenvalue weighted by Gasteiger charge is -2.21. The number of amides is 3. The van der Waals surface area contributed by atoms with E-state index in [0.29, 0.717) is 17.5 Å². The molecule has 1 aliphatic heterocycles. The predicted octanol–water partition coefficient (Wildman–Crippen LogP) is 4.31. The van der Waals surface area contributed by atoms with Crippen LogP contribution in [0.25, 0.3) is 0 Å². The monoisotopic (exact) mass is 457 g/mol. The maximum absolute atomic E-state index is 12.4. The van der Waals surface area contributed by atoms with Gasteiger partial charge in [0.15, 0.2) is 0 Å². The first-order valence-electron chi connectivity index (χ1n) is 9.75. The van der Waals surface area contributed by atoms with Crippen molar-refractivity contribution in [3.8, 4) is 0 Å². The van der Waals surface area contributed by atoms with Crippen molar-refractivity contribution in [2.75, 3.05) is 29.9 Å². The molecule has 152 valence electrons. The van der Waals surface area contributed by atoms with Crippen molar-refractivity contribution in [2.24, 2.45) is 0 Å². The molecule has 0 spiro atoms. The van der Waals surface area contributed by atoms with E-state index in [0.717, 1.165) is 28.9 Å². The second-order valence-electron chi connectivity index (χ2n) is 6.82. The van der Waals surface area contributed by atoms with Crippen molar-refractivity contribution in [2.45, 2.75) is 26.7 Å². The second-order valence-corrected chi connectivity index (χ2v) is 7.74. The third-order valence-corrected chi connectivity index (χ3v) is 5.49. The SMILES string of the molecule is CCN(CC)c1ccc(NC(=O)CCCN2C(=O)c3ccc(Br)cc3C2=O)cc1. The van der Waals surface area contributed by atoms with Crippen molar-refractivity contribution < 1.29 is 14.4 Å². The van der Waals surface area contributed by atoms with Crippen LogP contribution in [-0.2, 0) is 4.79 Å². The average Bonchev–Trinajstić information content (AvgIpc) is 2.94. The minimum Gasteiger partial charge on any atom is -0.372 e. The molecule has 0 saturated carbocycles. The first-order chi connectivity index (χ1) is 13.9. The zero-order valence-corrected chi connectivity index (χ0v) is 18.2. The number of rotatable bonds is 8. The molecule has 0 atom stereocenters. The number of nitrogens with zero attached hydrogens (tertiary/aromatic N) is 2.